The van der Waals surface area contributed by atoms with E-state index in [0.717, 1.165) is 18.0 Å². The molecule has 0 bridgehead atoms. The highest BCUT2D eigenvalue weighted by molar-refractivity contribution is 5.13. The van der Waals surface area contributed by atoms with Gasteiger partial charge in [0, 0.05) is 6.42 Å². The molecule has 3 heteroatoms. The standard InChI is InChI=1S/C8H13NO2/c1-4-7-9-6(3)8(11-7)10-5-2/h4-5H2,1-3H3. The zero-order valence-corrected chi connectivity index (χ0v) is 7.18. The van der Waals surface area contributed by atoms with E-state index >= 15 is 0 Å². The Hall–Kier alpha value is -0.990. The predicted octanol–water partition coefficient (Wildman–Crippen LogP) is 1.94. The molecule has 1 heterocycles. The Bertz CT molecular complexity index is 230. The number of hydrogen-bond donors (Lipinski definition) is 0. The van der Waals surface area contributed by atoms with Crippen molar-refractivity contribution in [1.29, 1.82) is 0 Å². The van der Waals surface area contributed by atoms with E-state index in [4.69, 9.17) is 9.15 Å². The summed E-state index contributed by atoms with van der Waals surface area (Å²) in [5.74, 6) is 1.30. The number of hydrogen-bond acceptors (Lipinski definition) is 3. The van der Waals surface area contributed by atoms with E-state index in [1.54, 1.807) is 0 Å². The van der Waals surface area contributed by atoms with Crippen LogP contribution in [0.3, 0.4) is 0 Å². The second-order valence-corrected chi connectivity index (χ2v) is 2.27. The number of ether oxygens (including phenoxy) is 1. The van der Waals surface area contributed by atoms with E-state index in [-0.39, 0.29) is 0 Å². The molecule has 0 spiro atoms. The van der Waals surface area contributed by atoms with Gasteiger partial charge in [-0.1, -0.05) is 6.92 Å². The Morgan fingerprint density at radius 2 is 2.18 bits per heavy atom. The monoisotopic (exact) mass is 155 g/mol. The fourth-order valence-electron chi connectivity index (χ4n) is 0.853. The van der Waals surface area contributed by atoms with Crippen molar-refractivity contribution in [3.63, 3.8) is 0 Å². The summed E-state index contributed by atoms with van der Waals surface area (Å²) in [5, 5.41) is 0. The van der Waals surface area contributed by atoms with Crippen LogP contribution < -0.4 is 4.74 Å². The molecule has 62 valence electrons. The van der Waals surface area contributed by atoms with Gasteiger partial charge >= 0.3 is 5.95 Å². The van der Waals surface area contributed by atoms with Crippen LogP contribution in [0, 0.1) is 6.92 Å². The zero-order valence-electron chi connectivity index (χ0n) is 7.18. The van der Waals surface area contributed by atoms with Gasteiger partial charge in [-0.3, -0.25) is 0 Å². The Kier molecular flexibility index (Phi) is 2.52. The molecule has 0 atom stereocenters. The van der Waals surface area contributed by atoms with Gasteiger partial charge in [0.2, 0.25) is 0 Å². The van der Waals surface area contributed by atoms with Crippen molar-refractivity contribution >= 4 is 0 Å². The molecule has 1 rings (SSSR count). The minimum absolute atomic E-state index is 0.560. The van der Waals surface area contributed by atoms with Crippen LogP contribution in [0.25, 0.3) is 0 Å². The van der Waals surface area contributed by atoms with E-state index in [1.807, 2.05) is 20.8 Å². The molecule has 0 saturated heterocycles. The molecule has 3 nitrogen and oxygen atoms in total. The third kappa shape index (κ3) is 1.73. The molecule has 0 N–H and O–H groups in total. The van der Waals surface area contributed by atoms with Crippen LogP contribution in [0.5, 0.6) is 5.95 Å². The van der Waals surface area contributed by atoms with Gasteiger partial charge in [-0.25, -0.2) is 4.98 Å². The van der Waals surface area contributed by atoms with E-state index in [1.165, 1.54) is 0 Å². The smallest absolute Gasteiger partial charge is 0.308 e. The fourth-order valence-corrected chi connectivity index (χ4v) is 0.853. The third-order valence-electron chi connectivity index (χ3n) is 1.38. The van der Waals surface area contributed by atoms with E-state index in [0.29, 0.717) is 12.6 Å². The summed E-state index contributed by atoms with van der Waals surface area (Å²) in [6, 6.07) is 0. The molecule has 0 aliphatic rings. The molecule has 1 aromatic heterocycles. The molecular formula is C8H13NO2. The van der Waals surface area contributed by atoms with Crippen LogP contribution in [0.15, 0.2) is 4.42 Å². The normalized spacial score (nSPS) is 10.1. The van der Waals surface area contributed by atoms with Crippen molar-refractivity contribution in [1.82, 2.24) is 4.98 Å². The van der Waals surface area contributed by atoms with Crippen LogP contribution in [0.4, 0.5) is 0 Å². The first kappa shape index (κ1) is 8.11. The summed E-state index contributed by atoms with van der Waals surface area (Å²) < 4.78 is 10.5. The number of rotatable bonds is 3. The lowest BCUT2D eigenvalue weighted by molar-refractivity contribution is 0.248. The van der Waals surface area contributed by atoms with E-state index in [2.05, 4.69) is 4.98 Å². The first-order valence-electron chi connectivity index (χ1n) is 3.87. The van der Waals surface area contributed by atoms with Gasteiger partial charge in [0.1, 0.15) is 5.69 Å². The molecule has 0 fully saturated rings. The molecule has 0 aliphatic carbocycles. The van der Waals surface area contributed by atoms with Gasteiger partial charge in [0.15, 0.2) is 5.89 Å². The van der Waals surface area contributed by atoms with Gasteiger partial charge in [0.05, 0.1) is 6.61 Å². The Balaban J connectivity index is 2.79. The number of aryl methyl sites for hydroxylation is 2. The Labute approximate surface area is 66.4 Å². The summed E-state index contributed by atoms with van der Waals surface area (Å²) >= 11 is 0. The number of aromatic nitrogens is 1. The maximum Gasteiger partial charge on any atom is 0.308 e. The molecule has 0 saturated carbocycles. The van der Waals surface area contributed by atoms with Crippen LogP contribution in [-0.4, -0.2) is 11.6 Å². The molecule has 0 amide bonds. The highest BCUT2D eigenvalue weighted by Crippen LogP contribution is 2.18. The van der Waals surface area contributed by atoms with Gasteiger partial charge in [0.25, 0.3) is 0 Å². The summed E-state index contributed by atoms with van der Waals surface area (Å²) in [6.45, 7) is 6.43. The summed E-state index contributed by atoms with van der Waals surface area (Å²) in [7, 11) is 0. The second kappa shape index (κ2) is 3.42. The van der Waals surface area contributed by atoms with Crippen molar-refractivity contribution < 1.29 is 9.15 Å². The van der Waals surface area contributed by atoms with Gasteiger partial charge < -0.3 is 9.15 Å². The minimum Gasteiger partial charge on any atom is -0.464 e. The number of nitrogens with zero attached hydrogens (tertiary/aromatic N) is 1. The maximum absolute atomic E-state index is 5.27. The van der Waals surface area contributed by atoms with Crippen LogP contribution >= 0.6 is 0 Å². The second-order valence-electron chi connectivity index (χ2n) is 2.27. The van der Waals surface area contributed by atoms with Gasteiger partial charge in [-0.2, -0.15) is 0 Å². The van der Waals surface area contributed by atoms with Crippen LogP contribution in [0.1, 0.15) is 25.4 Å². The van der Waals surface area contributed by atoms with Crippen molar-refractivity contribution in [2.45, 2.75) is 27.2 Å². The van der Waals surface area contributed by atoms with E-state index < -0.39 is 0 Å². The summed E-state index contributed by atoms with van der Waals surface area (Å²) in [6.07, 6.45) is 0.813. The van der Waals surface area contributed by atoms with Crippen molar-refractivity contribution in [2.24, 2.45) is 0 Å². The summed E-state index contributed by atoms with van der Waals surface area (Å²) in [5.41, 5.74) is 0.837. The predicted molar refractivity (Wildman–Crippen MR) is 41.8 cm³/mol. The quantitative estimate of drug-likeness (QED) is 0.669. The van der Waals surface area contributed by atoms with Gasteiger partial charge in [-0.15, -0.1) is 0 Å². The molecular weight excluding hydrogens is 142 g/mol. The van der Waals surface area contributed by atoms with Gasteiger partial charge in [-0.05, 0) is 13.8 Å². The Morgan fingerprint density at radius 1 is 1.45 bits per heavy atom. The lowest BCUT2D eigenvalue weighted by Crippen LogP contribution is -1.90. The number of oxazole rings is 1. The topological polar surface area (TPSA) is 35.3 Å². The first-order valence-corrected chi connectivity index (χ1v) is 3.87. The highest BCUT2D eigenvalue weighted by atomic mass is 16.6. The molecule has 0 aromatic carbocycles. The van der Waals surface area contributed by atoms with Crippen molar-refractivity contribution in [3.8, 4) is 5.95 Å². The van der Waals surface area contributed by atoms with Crippen molar-refractivity contribution in [3.05, 3.63) is 11.6 Å². The van der Waals surface area contributed by atoms with E-state index in [9.17, 15) is 0 Å². The molecule has 11 heavy (non-hydrogen) atoms. The molecule has 1 aromatic rings. The molecule has 0 aliphatic heterocycles. The molecule has 0 radical (unpaired) electrons. The van der Waals surface area contributed by atoms with Crippen molar-refractivity contribution in [2.75, 3.05) is 6.61 Å². The zero-order chi connectivity index (χ0) is 8.27. The van der Waals surface area contributed by atoms with Crippen LogP contribution in [-0.2, 0) is 6.42 Å². The molecule has 0 unspecified atom stereocenters. The Morgan fingerprint density at radius 3 is 2.64 bits per heavy atom. The third-order valence-corrected chi connectivity index (χ3v) is 1.38. The lowest BCUT2D eigenvalue weighted by atomic mass is 10.5. The largest absolute Gasteiger partial charge is 0.464 e. The lowest BCUT2D eigenvalue weighted by Gasteiger charge is -1.95. The fraction of sp³-hybridized carbons (Fsp3) is 0.625. The minimum atomic E-state index is 0.560. The summed E-state index contributed by atoms with van der Waals surface area (Å²) in [4.78, 5) is 4.16. The average Bonchev–Trinajstić information content (AvgIpc) is 2.33. The average molecular weight is 155 g/mol. The SMILES string of the molecule is CCOc1oc(CC)nc1C. The highest BCUT2D eigenvalue weighted by Gasteiger charge is 2.07. The first-order chi connectivity index (χ1) is 5.27. The maximum atomic E-state index is 5.27. The van der Waals surface area contributed by atoms with Crippen LogP contribution in [0.2, 0.25) is 0 Å².